The third kappa shape index (κ3) is 2.81. The maximum Gasteiger partial charge on any atom is 0.226 e. The Labute approximate surface area is 178 Å². The van der Waals surface area contributed by atoms with Gasteiger partial charge in [-0.1, -0.05) is 29.8 Å². The summed E-state index contributed by atoms with van der Waals surface area (Å²) in [7, 11) is 0. The highest BCUT2D eigenvalue weighted by atomic mass is 19.1. The fourth-order valence-corrected chi connectivity index (χ4v) is 4.39. The number of benzene rings is 2. The van der Waals surface area contributed by atoms with E-state index in [-0.39, 0.29) is 11.9 Å². The van der Waals surface area contributed by atoms with Crippen LogP contribution < -0.4 is 10.1 Å². The molecular weight excluding hydrogens is 393 g/mol. The Morgan fingerprint density at radius 2 is 1.97 bits per heavy atom. The Balaban J connectivity index is 1.65. The summed E-state index contributed by atoms with van der Waals surface area (Å²) in [5.74, 6) is 1.07. The van der Waals surface area contributed by atoms with E-state index in [1.165, 1.54) is 18.5 Å². The van der Waals surface area contributed by atoms with Gasteiger partial charge >= 0.3 is 0 Å². The number of halogens is 1. The van der Waals surface area contributed by atoms with Crippen molar-refractivity contribution in [2.75, 3.05) is 5.32 Å². The predicted octanol–water partition coefficient (Wildman–Crippen LogP) is 4.68. The zero-order chi connectivity index (χ0) is 20.9. The van der Waals surface area contributed by atoms with E-state index >= 15 is 0 Å². The molecule has 6 rings (SSSR count). The predicted molar refractivity (Wildman–Crippen MR) is 114 cm³/mol. The third-order valence-electron chi connectivity index (χ3n) is 5.72. The Morgan fingerprint density at radius 3 is 2.81 bits per heavy atom. The summed E-state index contributed by atoms with van der Waals surface area (Å²) in [5.41, 5.74) is 5.60. The summed E-state index contributed by atoms with van der Waals surface area (Å²) in [4.78, 5) is 8.74. The zero-order valence-electron chi connectivity index (χ0n) is 16.7. The lowest BCUT2D eigenvalue weighted by molar-refractivity contribution is 0.222. The number of hydrogen-bond acceptors (Lipinski definition) is 5. The molecule has 0 amide bonds. The molecule has 1 N–H and O–H groups in total. The van der Waals surface area contributed by atoms with Crippen molar-refractivity contribution < 1.29 is 9.13 Å². The van der Waals surface area contributed by atoms with E-state index in [1.807, 2.05) is 48.1 Å². The van der Waals surface area contributed by atoms with Crippen LogP contribution in [0.2, 0.25) is 0 Å². The minimum absolute atomic E-state index is 0.302. The number of ether oxygens (including phenoxy) is 1. The van der Waals surface area contributed by atoms with Gasteiger partial charge in [0.15, 0.2) is 0 Å². The number of hydrogen-bond donors (Lipinski definition) is 1. The highest BCUT2D eigenvalue weighted by Gasteiger charge is 2.41. The van der Waals surface area contributed by atoms with Gasteiger partial charge < -0.3 is 10.1 Å². The van der Waals surface area contributed by atoms with E-state index in [4.69, 9.17) is 4.74 Å². The molecule has 0 radical (unpaired) electrons. The Hall–Kier alpha value is -4.00. The van der Waals surface area contributed by atoms with E-state index in [0.29, 0.717) is 5.95 Å². The molecule has 2 atom stereocenters. The van der Waals surface area contributed by atoms with Gasteiger partial charge in [-0.2, -0.15) is 10.1 Å². The van der Waals surface area contributed by atoms with Crippen LogP contribution in [0.1, 0.15) is 34.4 Å². The molecule has 2 aliphatic heterocycles. The van der Waals surface area contributed by atoms with Gasteiger partial charge in [-0.25, -0.2) is 9.07 Å². The lowest BCUT2D eigenvalue weighted by Crippen LogP contribution is -2.32. The van der Waals surface area contributed by atoms with Gasteiger partial charge in [-0.3, -0.25) is 4.98 Å². The van der Waals surface area contributed by atoms with Gasteiger partial charge in [0, 0.05) is 23.5 Å². The fraction of sp³-hybridized carbons (Fsp3) is 0.125. The molecule has 7 heteroatoms. The quantitative estimate of drug-likeness (QED) is 0.519. The number of nitrogens with one attached hydrogen (secondary N) is 1. The van der Waals surface area contributed by atoms with Gasteiger partial charge in [0.25, 0.3) is 0 Å². The Morgan fingerprint density at radius 1 is 1.06 bits per heavy atom. The van der Waals surface area contributed by atoms with Crippen LogP contribution in [0.25, 0.3) is 5.70 Å². The smallest absolute Gasteiger partial charge is 0.226 e. The van der Waals surface area contributed by atoms with Crippen molar-refractivity contribution in [3.8, 4) is 5.75 Å². The number of pyridine rings is 1. The second-order valence-electron chi connectivity index (χ2n) is 7.72. The van der Waals surface area contributed by atoms with Crippen molar-refractivity contribution in [1.82, 2.24) is 19.7 Å². The maximum atomic E-state index is 14.2. The van der Waals surface area contributed by atoms with Gasteiger partial charge in [0.1, 0.15) is 30.0 Å². The number of rotatable bonds is 2. The molecule has 6 nitrogen and oxygen atoms in total. The lowest BCUT2D eigenvalue weighted by atomic mass is 9.85. The SMILES string of the molecule is Cc1ccc2c(c1)C1=C([C@H](c3cccnc3)n3ncnc3N1)[C@@H](c1cccc(F)c1)O2. The molecule has 0 saturated carbocycles. The molecule has 0 aliphatic carbocycles. The van der Waals surface area contributed by atoms with E-state index in [9.17, 15) is 4.39 Å². The molecule has 2 aromatic carbocycles. The molecule has 2 aliphatic rings. The van der Waals surface area contributed by atoms with E-state index in [2.05, 4.69) is 26.4 Å². The summed E-state index contributed by atoms with van der Waals surface area (Å²) in [6.45, 7) is 2.04. The average Bonchev–Trinajstić information content (AvgIpc) is 3.26. The molecule has 2 aromatic heterocycles. The van der Waals surface area contributed by atoms with Gasteiger partial charge in [-0.15, -0.1) is 0 Å². The van der Waals surface area contributed by atoms with Crippen molar-refractivity contribution in [3.05, 3.63) is 107 Å². The molecule has 31 heavy (non-hydrogen) atoms. The molecule has 0 saturated heterocycles. The van der Waals surface area contributed by atoms with Gasteiger partial charge in [-0.05, 0) is 48.4 Å². The zero-order valence-corrected chi connectivity index (χ0v) is 16.7. The normalized spacial score (nSPS) is 19.0. The number of anilines is 1. The Kier molecular flexibility index (Phi) is 3.89. The minimum Gasteiger partial charge on any atom is -0.480 e. The lowest BCUT2D eigenvalue weighted by Gasteiger charge is -2.39. The van der Waals surface area contributed by atoms with Crippen LogP contribution in [0.4, 0.5) is 10.3 Å². The minimum atomic E-state index is -0.504. The topological polar surface area (TPSA) is 64.9 Å². The van der Waals surface area contributed by atoms with Crippen LogP contribution in [0.5, 0.6) is 5.75 Å². The number of fused-ring (bicyclic) bond motifs is 3. The molecule has 4 aromatic rings. The van der Waals surface area contributed by atoms with Crippen LogP contribution >= 0.6 is 0 Å². The first-order chi connectivity index (χ1) is 15.2. The Bertz CT molecular complexity index is 1330. The van der Waals surface area contributed by atoms with Crippen LogP contribution in [-0.2, 0) is 0 Å². The summed E-state index contributed by atoms with van der Waals surface area (Å²) in [6.07, 6.45) is 4.58. The van der Waals surface area contributed by atoms with Gasteiger partial charge in [0.2, 0.25) is 5.95 Å². The molecule has 0 bridgehead atoms. The third-order valence-corrected chi connectivity index (χ3v) is 5.72. The van der Waals surface area contributed by atoms with Crippen LogP contribution in [-0.4, -0.2) is 19.7 Å². The van der Waals surface area contributed by atoms with Crippen molar-refractivity contribution >= 4 is 11.6 Å². The molecule has 0 unspecified atom stereocenters. The number of aryl methyl sites for hydroxylation is 1. The highest BCUT2D eigenvalue weighted by Crippen LogP contribution is 2.50. The van der Waals surface area contributed by atoms with Crippen LogP contribution in [0.15, 0.2) is 78.9 Å². The maximum absolute atomic E-state index is 14.2. The number of aromatic nitrogens is 4. The highest BCUT2D eigenvalue weighted by molar-refractivity contribution is 5.85. The van der Waals surface area contributed by atoms with E-state index < -0.39 is 6.10 Å². The second-order valence-corrected chi connectivity index (χ2v) is 7.72. The molecule has 0 spiro atoms. The van der Waals surface area contributed by atoms with Crippen molar-refractivity contribution in [2.24, 2.45) is 0 Å². The van der Waals surface area contributed by atoms with Crippen molar-refractivity contribution in [3.63, 3.8) is 0 Å². The van der Waals surface area contributed by atoms with Crippen molar-refractivity contribution in [2.45, 2.75) is 19.1 Å². The first-order valence-corrected chi connectivity index (χ1v) is 10.0. The van der Waals surface area contributed by atoms with E-state index in [1.54, 1.807) is 12.3 Å². The monoisotopic (exact) mass is 411 g/mol. The van der Waals surface area contributed by atoms with Gasteiger partial charge in [0.05, 0.1) is 5.70 Å². The van der Waals surface area contributed by atoms with Crippen LogP contribution in [0, 0.1) is 12.7 Å². The second kappa shape index (κ2) is 6.77. The average molecular weight is 411 g/mol. The molecule has 4 heterocycles. The van der Waals surface area contributed by atoms with Crippen molar-refractivity contribution in [1.29, 1.82) is 0 Å². The standard InChI is InChI=1S/C24H18FN5O/c1-14-7-8-19-18(10-14)21-20(23(31-19)15-4-2-6-17(25)11-15)22(16-5-3-9-26-12-16)30-24(29-21)27-13-28-30/h2-13,22-23H,1H3,(H,27,28,29)/t22-,23+/m0/s1. The molecular formula is C24H18FN5O. The fourth-order valence-electron chi connectivity index (χ4n) is 4.39. The summed E-state index contributed by atoms with van der Waals surface area (Å²) in [6, 6.07) is 16.2. The molecule has 152 valence electrons. The molecule has 0 fully saturated rings. The first-order valence-electron chi connectivity index (χ1n) is 10.0. The summed E-state index contributed by atoms with van der Waals surface area (Å²) >= 11 is 0. The number of nitrogens with zero attached hydrogens (tertiary/aromatic N) is 4. The summed E-state index contributed by atoms with van der Waals surface area (Å²) in [5, 5.41) is 7.93. The van der Waals surface area contributed by atoms with Crippen LogP contribution in [0.3, 0.4) is 0 Å². The summed E-state index contributed by atoms with van der Waals surface area (Å²) < 4.78 is 22.5. The van der Waals surface area contributed by atoms with E-state index in [0.717, 1.165) is 39.3 Å². The largest absolute Gasteiger partial charge is 0.480 e. The first kappa shape index (κ1) is 17.8.